The third kappa shape index (κ3) is 3.08. The van der Waals surface area contributed by atoms with Crippen LogP contribution in [-0.2, 0) is 16.6 Å². The summed E-state index contributed by atoms with van der Waals surface area (Å²) in [7, 11) is -3.49. The first-order valence-electron chi connectivity index (χ1n) is 6.76. The van der Waals surface area contributed by atoms with Gasteiger partial charge >= 0.3 is 0 Å². The van der Waals surface area contributed by atoms with Crippen molar-refractivity contribution in [2.24, 2.45) is 5.92 Å². The van der Waals surface area contributed by atoms with Crippen LogP contribution in [0.15, 0.2) is 21.5 Å². The third-order valence-corrected chi connectivity index (χ3v) is 6.59. The highest BCUT2D eigenvalue weighted by Gasteiger charge is 2.30. The van der Waals surface area contributed by atoms with E-state index in [1.54, 1.807) is 23.4 Å². The Morgan fingerprint density at radius 3 is 2.75 bits per heavy atom. The molecule has 4 nitrogen and oxygen atoms in total. The maximum absolute atomic E-state index is 12.8. The van der Waals surface area contributed by atoms with Crippen molar-refractivity contribution in [2.45, 2.75) is 38.2 Å². The average molecular weight is 362 g/mol. The van der Waals surface area contributed by atoms with Crippen LogP contribution in [0.4, 0.5) is 0 Å². The predicted octanol–water partition coefficient (Wildman–Crippen LogP) is 2.67. The van der Waals surface area contributed by atoms with Gasteiger partial charge in [-0.25, -0.2) is 8.42 Å². The van der Waals surface area contributed by atoms with Crippen LogP contribution in [0.3, 0.4) is 0 Å². The van der Waals surface area contributed by atoms with Gasteiger partial charge in [0.15, 0.2) is 0 Å². The van der Waals surface area contributed by atoms with Crippen molar-refractivity contribution < 1.29 is 13.5 Å². The zero-order chi connectivity index (χ0) is 14.9. The molecule has 1 unspecified atom stereocenters. The fraction of sp³-hybridized carbons (Fsp3) is 0.571. The zero-order valence-corrected chi connectivity index (χ0v) is 14.2. The lowest BCUT2D eigenvalue weighted by atomic mass is 10.0. The van der Waals surface area contributed by atoms with Gasteiger partial charge in [-0.15, -0.1) is 0 Å². The molecule has 0 spiro atoms. The molecule has 1 aromatic rings. The Kier molecular flexibility index (Phi) is 4.89. The number of aliphatic hydroxyl groups excluding tert-OH is 1. The second-order valence-electron chi connectivity index (χ2n) is 5.47. The summed E-state index contributed by atoms with van der Waals surface area (Å²) < 4.78 is 27.9. The second kappa shape index (κ2) is 6.13. The van der Waals surface area contributed by atoms with Crippen LogP contribution in [0.25, 0.3) is 0 Å². The lowest BCUT2D eigenvalue weighted by molar-refractivity contribution is 0.279. The van der Waals surface area contributed by atoms with Crippen molar-refractivity contribution in [3.63, 3.8) is 0 Å². The number of aliphatic hydroxyl groups is 1. The van der Waals surface area contributed by atoms with Gasteiger partial charge in [0.25, 0.3) is 0 Å². The molecule has 0 saturated carbocycles. The van der Waals surface area contributed by atoms with Crippen LogP contribution in [0.5, 0.6) is 0 Å². The Morgan fingerprint density at radius 1 is 1.45 bits per heavy atom. The van der Waals surface area contributed by atoms with E-state index in [1.165, 1.54) is 0 Å². The Morgan fingerprint density at radius 2 is 2.15 bits per heavy atom. The molecule has 1 aromatic carbocycles. The number of hydrogen-bond acceptors (Lipinski definition) is 3. The highest BCUT2D eigenvalue weighted by molar-refractivity contribution is 9.10. The van der Waals surface area contributed by atoms with Crippen LogP contribution in [0, 0.1) is 12.8 Å². The molecular formula is C14H20BrNO3S. The standard InChI is InChI=1S/C14H20BrNO3S/c1-10-4-3-5-16(8-10)20(18,19)14-7-12(9-17)6-13(15)11(14)2/h6-7,10,17H,3-5,8-9H2,1-2H3. The number of rotatable bonds is 3. The Labute approximate surface area is 129 Å². The zero-order valence-electron chi connectivity index (χ0n) is 11.8. The van der Waals surface area contributed by atoms with E-state index in [0.29, 0.717) is 39.5 Å². The summed E-state index contributed by atoms with van der Waals surface area (Å²) in [4.78, 5) is 0.296. The predicted molar refractivity (Wildman–Crippen MR) is 82.0 cm³/mol. The molecule has 2 rings (SSSR count). The summed E-state index contributed by atoms with van der Waals surface area (Å²) in [6, 6.07) is 3.34. The molecule has 1 aliphatic heterocycles. The van der Waals surface area contributed by atoms with Gasteiger partial charge in [0.2, 0.25) is 10.0 Å². The number of benzene rings is 1. The number of halogens is 1. The van der Waals surface area contributed by atoms with Crippen molar-refractivity contribution in [1.82, 2.24) is 4.31 Å². The van der Waals surface area contributed by atoms with E-state index in [4.69, 9.17) is 0 Å². The van der Waals surface area contributed by atoms with Gasteiger partial charge in [-0.3, -0.25) is 0 Å². The van der Waals surface area contributed by atoms with Crippen molar-refractivity contribution in [3.05, 3.63) is 27.7 Å². The van der Waals surface area contributed by atoms with E-state index in [2.05, 4.69) is 22.9 Å². The largest absolute Gasteiger partial charge is 0.392 e. The fourth-order valence-corrected chi connectivity index (χ4v) is 5.10. The molecule has 20 heavy (non-hydrogen) atoms. The number of nitrogens with zero attached hydrogens (tertiary/aromatic N) is 1. The van der Waals surface area contributed by atoms with Gasteiger partial charge in [-0.1, -0.05) is 22.9 Å². The minimum absolute atomic E-state index is 0.169. The van der Waals surface area contributed by atoms with Gasteiger partial charge in [-0.05, 0) is 48.9 Å². The Balaban J connectivity index is 2.46. The maximum atomic E-state index is 12.8. The third-order valence-electron chi connectivity index (χ3n) is 3.78. The van der Waals surface area contributed by atoms with Crippen LogP contribution < -0.4 is 0 Å². The fourth-order valence-electron chi connectivity index (χ4n) is 2.57. The van der Waals surface area contributed by atoms with Crippen molar-refractivity contribution >= 4 is 26.0 Å². The minimum Gasteiger partial charge on any atom is -0.392 e. The Bertz CT molecular complexity index is 601. The van der Waals surface area contributed by atoms with Crippen LogP contribution in [-0.4, -0.2) is 30.9 Å². The first-order valence-corrected chi connectivity index (χ1v) is 8.99. The smallest absolute Gasteiger partial charge is 0.243 e. The molecular weight excluding hydrogens is 342 g/mol. The molecule has 1 fully saturated rings. The highest BCUT2D eigenvalue weighted by Crippen LogP contribution is 2.30. The number of hydrogen-bond donors (Lipinski definition) is 1. The summed E-state index contributed by atoms with van der Waals surface area (Å²) in [5.41, 5.74) is 1.30. The molecule has 0 bridgehead atoms. The van der Waals surface area contributed by atoms with E-state index in [9.17, 15) is 13.5 Å². The molecule has 0 amide bonds. The lowest BCUT2D eigenvalue weighted by Crippen LogP contribution is -2.39. The molecule has 112 valence electrons. The van der Waals surface area contributed by atoms with E-state index in [1.807, 2.05) is 0 Å². The van der Waals surface area contributed by atoms with Crippen LogP contribution in [0.1, 0.15) is 30.9 Å². The second-order valence-corrected chi connectivity index (χ2v) is 8.23. The van der Waals surface area contributed by atoms with E-state index >= 15 is 0 Å². The first-order chi connectivity index (χ1) is 9.36. The number of sulfonamides is 1. The summed E-state index contributed by atoms with van der Waals surface area (Å²) in [5.74, 6) is 0.392. The van der Waals surface area contributed by atoms with Crippen molar-refractivity contribution in [1.29, 1.82) is 0 Å². The molecule has 1 atom stereocenters. The van der Waals surface area contributed by atoms with Crippen molar-refractivity contribution in [3.8, 4) is 0 Å². The Hall–Kier alpha value is -0.430. The topological polar surface area (TPSA) is 57.6 Å². The van der Waals surface area contributed by atoms with Crippen molar-refractivity contribution in [2.75, 3.05) is 13.1 Å². The monoisotopic (exact) mass is 361 g/mol. The lowest BCUT2D eigenvalue weighted by Gasteiger charge is -2.30. The van der Waals surface area contributed by atoms with Gasteiger partial charge < -0.3 is 5.11 Å². The highest BCUT2D eigenvalue weighted by atomic mass is 79.9. The maximum Gasteiger partial charge on any atom is 0.243 e. The summed E-state index contributed by atoms with van der Waals surface area (Å²) in [6.07, 6.45) is 1.98. The van der Waals surface area contributed by atoms with Crippen LogP contribution >= 0.6 is 15.9 Å². The molecule has 0 radical (unpaired) electrons. The van der Waals surface area contributed by atoms with Gasteiger partial charge in [0.05, 0.1) is 11.5 Å². The summed E-state index contributed by atoms with van der Waals surface area (Å²) in [6.45, 7) is 4.84. The normalized spacial score (nSPS) is 21.1. The summed E-state index contributed by atoms with van der Waals surface area (Å²) >= 11 is 3.37. The molecule has 1 heterocycles. The van der Waals surface area contributed by atoms with Gasteiger partial charge in [0.1, 0.15) is 0 Å². The molecule has 1 aliphatic rings. The molecule has 0 aromatic heterocycles. The van der Waals surface area contributed by atoms with Gasteiger partial charge in [0, 0.05) is 17.6 Å². The molecule has 1 N–H and O–H groups in total. The number of piperidine rings is 1. The quantitative estimate of drug-likeness (QED) is 0.900. The SMILES string of the molecule is Cc1c(Br)cc(CO)cc1S(=O)(=O)N1CCCC(C)C1. The molecule has 1 saturated heterocycles. The first kappa shape index (κ1) is 15.9. The summed E-state index contributed by atoms with van der Waals surface area (Å²) in [5, 5.41) is 9.27. The van der Waals surface area contributed by atoms with Gasteiger partial charge in [-0.2, -0.15) is 4.31 Å². The minimum atomic E-state index is -3.49. The van der Waals surface area contributed by atoms with E-state index in [-0.39, 0.29) is 6.61 Å². The molecule has 0 aliphatic carbocycles. The van der Waals surface area contributed by atoms with Crippen LogP contribution in [0.2, 0.25) is 0 Å². The van der Waals surface area contributed by atoms with E-state index in [0.717, 1.165) is 12.8 Å². The average Bonchev–Trinajstić information content (AvgIpc) is 2.41. The molecule has 6 heteroatoms. The van der Waals surface area contributed by atoms with E-state index < -0.39 is 10.0 Å².